The maximum absolute atomic E-state index is 14.8. The Kier molecular flexibility index (Phi) is 12.4. The number of ether oxygens (including phenoxy) is 3. The van der Waals surface area contributed by atoms with Gasteiger partial charge in [-0.1, -0.05) is 97.1 Å². The van der Waals surface area contributed by atoms with Crippen LogP contribution in [0.1, 0.15) is 58.9 Å². The fourth-order valence-corrected chi connectivity index (χ4v) is 5.87. The number of anilines is 1. The van der Waals surface area contributed by atoms with Crippen LogP contribution in [-0.2, 0) is 31.0 Å². The van der Waals surface area contributed by atoms with Crippen molar-refractivity contribution in [2.24, 2.45) is 0 Å². The molecule has 1 aromatic heterocycles. The molecule has 0 aliphatic rings. The highest BCUT2D eigenvalue weighted by atomic mass is 35.5. The average molecular weight is 755 g/mol. The molecular weight excluding hydrogens is 712 g/mol. The first-order chi connectivity index (χ1) is 26.5. The van der Waals surface area contributed by atoms with E-state index >= 15 is 0 Å². The van der Waals surface area contributed by atoms with E-state index in [1.54, 1.807) is 29.3 Å². The number of aryl methyl sites for hydroxylation is 1. The first kappa shape index (κ1) is 38.5. The first-order valence-corrected chi connectivity index (χ1v) is 18.3. The van der Waals surface area contributed by atoms with E-state index in [1.165, 1.54) is 0 Å². The van der Waals surface area contributed by atoms with Crippen molar-refractivity contribution in [1.82, 2.24) is 15.3 Å². The normalized spacial score (nSPS) is 11.1. The molecule has 0 spiro atoms. The highest BCUT2D eigenvalue weighted by Crippen LogP contribution is 2.32. The van der Waals surface area contributed by atoms with Crippen LogP contribution in [0.5, 0.6) is 11.5 Å². The van der Waals surface area contributed by atoms with E-state index in [-0.39, 0.29) is 24.3 Å². The number of benzene rings is 5. The number of carbonyl (C=O) groups excluding carboxylic acids is 2. The molecule has 6 rings (SSSR count). The SMILES string of the molecule is Cc1cnc(Cl)nc1-c1ccc(N(Cc2ccc(CNC(=O)OC(C)(C)C)cc2)C(=O)c2ccc(OCc3ccccc3)cc2OCc2ccccc2)cc1. The molecular formula is C45H43ClN4O5. The van der Waals surface area contributed by atoms with Crippen molar-refractivity contribution in [3.63, 3.8) is 0 Å². The van der Waals surface area contributed by atoms with Crippen LogP contribution < -0.4 is 19.7 Å². The summed E-state index contributed by atoms with van der Waals surface area (Å²) in [5.41, 5.74) is 6.63. The zero-order valence-electron chi connectivity index (χ0n) is 31.3. The van der Waals surface area contributed by atoms with Crippen LogP contribution in [0, 0.1) is 6.92 Å². The predicted octanol–water partition coefficient (Wildman–Crippen LogP) is 10.1. The number of carbonyl (C=O) groups is 2. The van der Waals surface area contributed by atoms with Gasteiger partial charge in [0.1, 0.15) is 30.3 Å². The fourth-order valence-electron chi connectivity index (χ4n) is 5.74. The number of rotatable bonds is 13. The predicted molar refractivity (Wildman–Crippen MR) is 215 cm³/mol. The van der Waals surface area contributed by atoms with Gasteiger partial charge in [0.05, 0.1) is 17.8 Å². The summed E-state index contributed by atoms with van der Waals surface area (Å²) in [5.74, 6) is 0.715. The molecule has 1 heterocycles. The highest BCUT2D eigenvalue weighted by Gasteiger charge is 2.24. The molecule has 0 atom stereocenters. The maximum Gasteiger partial charge on any atom is 0.407 e. The van der Waals surface area contributed by atoms with E-state index in [0.29, 0.717) is 41.6 Å². The van der Waals surface area contributed by atoms with Gasteiger partial charge in [0.2, 0.25) is 5.28 Å². The minimum atomic E-state index is -0.592. The number of alkyl carbamates (subject to hydrolysis) is 1. The molecule has 1 N–H and O–H groups in total. The highest BCUT2D eigenvalue weighted by molar-refractivity contribution is 6.28. The Morgan fingerprint density at radius 2 is 1.36 bits per heavy atom. The summed E-state index contributed by atoms with van der Waals surface area (Å²) in [4.78, 5) is 37.2. The van der Waals surface area contributed by atoms with Gasteiger partial charge in [-0.2, -0.15) is 0 Å². The van der Waals surface area contributed by atoms with E-state index in [1.807, 2.05) is 137 Å². The lowest BCUT2D eigenvalue weighted by molar-refractivity contribution is 0.0523. The zero-order valence-corrected chi connectivity index (χ0v) is 32.0. The van der Waals surface area contributed by atoms with E-state index < -0.39 is 11.7 Å². The van der Waals surface area contributed by atoms with Crippen LogP contribution in [0.25, 0.3) is 11.3 Å². The van der Waals surface area contributed by atoms with Crippen molar-refractivity contribution in [2.75, 3.05) is 4.90 Å². The van der Waals surface area contributed by atoms with Crippen LogP contribution in [-0.4, -0.2) is 27.6 Å². The minimum absolute atomic E-state index is 0.158. The number of halogens is 1. The van der Waals surface area contributed by atoms with Crippen LogP contribution >= 0.6 is 11.6 Å². The summed E-state index contributed by atoms with van der Waals surface area (Å²) < 4.78 is 17.9. The second-order valence-corrected chi connectivity index (χ2v) is 14.3. The van der Waals surface area contributed by atoms with Crippen molar-refractivity contribution in [1.29, 1.82) is 0 Å². The standard InChI is InChI=1S/C45H43ClN4O5/c1-31-26-47-43(46)49-41(31)36-19-21-37(22-20-36)50(28-33-17-15-32(16-18-33)27-48-44(52)55-45(2,3)4)42(51)39-24-23-38(53-29-34-11-7-5-8-12-34)25-40(39)54-30-35-13-9-6-10-14-35/h5-26H,27-30H2,1-4H3,(H,48,52). The summed E-state index contributed by atoms with van der Waals surface area (Å²) >= 11 is 6.14. The Morgan fingerprint density at radius 1 is 0.745 bits per heavy atom. The molecule has 0 bridgehead atoms. The van der Waals surface area contributed by atoms with Crippen LogP contribution in [0.3, 0.4) is 0 Å². The van der Waals surface area contributed by atoms with Crippen molar-refractivity contribution < 1.29 is 23.8 Å². The number of hydrogen-bond acceptors (Lipinski definition) is 7. The molecule has 0 aliphatic carbocycles. The third-order valence-electron chi connectivity index (χ3n) is 8.51. The van der Waals surface area contributed by atoms with Gasteiger partial charge >= 0.3 is 6.09 Å². The van der Waals surface area contributed by atoms with Gasteiger partial charge in [0.25, 0.3) is 5.91 Å². The molecule has 280 valence electrons. The summed E-state index contributed by atoms with van der Waals surface area (Å²) in [6.45, 7) is 8.56. The lowest BCUT2D eigenvalue weighted by atomic mass is 10.1. The van der Waals surface area contributed by atoms with Crippen molar-refractivity contribution in [2.45, 2.75) is 59.6 Å². The van der Waals surface area contributed by atoms with Crippen molar-refractivity contribution >= 4 is 29.3 Å². The summed E-state index contributed by atoms with van der Waals surface area (Å²) in [7, 11) is 0. The number of hydrogen-bond donors (Lipinski definition) is 1. The second-order valence-electron chi connectivity index (χ2n) is 14.0. The van der Waals surface area contributed by atoms with Crippen LogP contribution in [0.2, 0.25) is 5.28 Å². The molecule has 6 aromatic rings. The molecule has 0 aliphatic heterocycles. The number of nitrogens with zero attached hydrogens (tertiary/aromatic N) is 3. The first-order valence-electron chi connectivity index (χ1n) is 17.9. The van der Waals surface area contributed by atoms with Gasteiger partial charge in [-0.25, -0.2) is 14.8 Å². The quantitative estimate of drug-likeness (QED) is 0.117. The number of amides is 2. The van der Waals surface area contributed by atoms with Gasteiger partial charge in [0.15, 0.2) is 0 Å². The molecule has 0 unspecified atom stereocenters. The zero-order chi connectivity index (χ0) is 38.8. The lowest BCUT2D eigenvalue weighted by Gasteiger charge is -2.25. The minimum Gasteiger partial charge on any atom is -0.489 e. The van der Waals surface area contributed by atoms with Gasteiger partial charge < -0.3 is 24.4 Å². The molecule has 0 saturated heterocycles. The Labute approximate surface area is 326 Å². The Morgan fingerprint density at radius 3 is 2.00 bits per heavy atom. The molecule has 2 amide bonds. The number of aromatic nitrogens is 2. The van der Waals surface area contributed by atoms with Crippen LogP contribution in [0.15, 0.2) is 134 Å². The lowest BCUT2D eigenvalue weighted by Crippen LogP contribution is -2.32. The molecule has 55 heavy (non-hydrogen) atoms. The van der Waals surface area contributed by atoms with Crippen molar-refractivity contribution in [3.8, 4) is 22.8 Å². The monoisotopic (exact) mass is 754 g/mol. The molecule has 10 heteroatoms. The molecule has 0 saturated carbocycles. The fraction of sp³-hybridized carbons (Fsp3) is 0.200. The van der Waals surface area contributed by atoms with Gasteiger partial charge in [-0.3, -0.25) is 4.79 Å². The molecule has 5 aromatic carbocycles. The van der Waals surface area contributed by atoms with E-state index in [0.717, 1.165) is 33.4 Å². The second kappa shape index (κ2) is 17.8. The summed E-state index contributed by atoms with van der Waals surface area (Å²) in [5, 5.41) is 2.95. The van der Waals surface area contributed by atoms with E-state index in [9.17, 15) is 9.59 Å². The average Bonchev–Trinajstić information content (AvgIpc) is 3.19. The molecule has 0 fully saturated rings. The van der Waals surface area contributed by atoms with Gasteiger partial charge in [-0.05, 0) is 91.4 Å². The molecule has 0 radical (unpaired) electrons. The third-order valence-corrected chi connectivity index (χ3v) is 8.69. The van der Waals surface area contributed by atoms with Gasteiger partial charge in [0, 0.05) is 30.1 Å². The largest absolute Gasteiger partial charge is 0.489 e. The third kappa shape index (κ3) is 10.9. The van der Waals surface area contributed by atoms with Crippen LogP contribution in [0.4, 0.5) is 10.5 Å². The summed E-state index contributed by atoms with van der Waals surface area (Å²) in [6.07, 6.45) is 1.20. The smallest absolute Gasteiger partial charge is 0.407 e. The van der Waals surface area contributed by atoms with E-state index in [2.05, 4.69) is 15.3 Å². The molecule has 9 nitrogen and oxygen atoms in total. The Hall–Kier alpha value is -6.19. The van der Waals surface area contributed by atoms with Gasteiger partial charge in [-0.15, -0.1) is 0 Å². The topological polar surface area (TPSA) is 103 Å². The number of nitrogens with one attached hydrogen (secondary N) is 1. The maximum atomic E-state index is 14.8. The Balaban J connectivity index is 1.31. The summed E-state index contributed by atoms with van der Waals surface area (Å²) in [6, 6.07) is 40.4. The van der Waals surface area contributed by atoms with E-state index in [4.69, 9.17) is 25.8 Å². The van der Waals surface area contributed by atoms with Crippen molar-refractivity contribution in [3.05, 3.63) is 172 Å². The Bertz CT molecular complexity index is 2210.